The Labute approximate surface area is 166 Å². The molecule has 0 bridgehead atoms. The lowest BCUT2D eigenvalue weighted by Gasteiger charge is -2.19. The van der Waals surface area contributed by atoms with E-state index in [9.17, 15) is 9.59 Å². The summed E-state index contributed by atoms with van der Waals surface area (Å²) in [6.07, 6.45) is 2.63. The molecule has 4 rings (SSSR count). The Morgan fingerprint density at radius 2 is 1.89 bits per heavy atom. The first-order valence-corrected chi connectivity index (χ1v) is 9.75. The van der Waals surface area contributed by atoms with Crippen LogP contribution in [0, 0.1) is 0 Å². The van der Waals surface area contributed by atoms with Crippen molar-refractivity contribution >= 4 is 40.5 Å². The van der Waals surface area contributed by atoms with Gasteiger partial charge in [0.25, 0.3) is 11.8 Å². The monoisotopic (exact) mass is 390 g/mol. The highest BCUT2D eigenvalue weighted by Crippen LogP contribution is 2.33. The van der Waals surface area contributed by atoms with Crippen LogP contribution < -0.4 is 10.4 Å². The zero-order valence-electron chi connectivity index (χ0n) is 15.0. The minimum absolute atomic E-state index is 0.105. The fourth-order valence-corrected chi connectivity index (χ4v) is 4.06. The van der Waals surface area contributed by atoms with E-state index >= 15 is 0 Å². The summed E-state index contributed by atoms with van der Waals surface area (Å²) in [6.45, 7) is 0.551. The Hall–Kier alpha value is -3.22. The molecule has 0 atom stereocenters. The Bertz CT molecular complexity index is 1040. The van der Waals surface area contributed by atoms with Crippen LogP contribution in [0.3, 0.4) is 0 Å². The van der Waals surface area contributed by atoms with Gasteiger partial charge in [0.15, 0.2) is 0 Å². The van der Waals surface area contributed by atoms with E-state index in [0.29, 0.717) is 23.4 Å². The zero-order valence-corrected chi connectivity index (χ0v) is 15.8. The lowest BCUT2D eigenvalue weighted by Crippen LogP contribution is -2.29. The summed E-state index contributed by atoms with van der Waals surface area (Å²) in [5.74, 6) is -0.702. The summed E-state index contributed by atoms with van der Waals surface area (Å²) < 4.78 is 0. The van der Waals surface area contributed by atoms with Crippen LogP contribution >= 0.6 is 11.3 Å². The molecule has 2 aromatic carbocycles. The second-order valence-electron chi connectivity index (χ2n) is 6.44. The van der Waals surface area contributed by atoms with E-state index in [4.69, 9.17) is 5.21 Å². The number of carbonyl (C=O) groups excluding carboxylic acids is 2. The molecule has 2 amide bonds. The van der Waals surface area contributed by atoms with Gasteiger partial charge >= 0.3 is 0 Å². The van der Waals surface area contributed by atoms with Crippen molar-refractivity contribution in [3.05, 3.63) is 87.6 Å². The second-order valence-corrected chi connectivity index (χ2v) is 7.38. The third-order valence-corrected chi connectivity index (χ3v) is 5.62. The van der Waals surface area contributed by atoms with Gasteiger partial charge in [-0.15, -0.1) is 11.3 Å². The number of nitrogens with one attached hydrogen (secondary N) is 1. The van der Waals surface area contributed by atoms with Crippen LogP contribution in [0.5, 0.6) is 0 Å². The van der Waals surface area contributed by atoms with Gasteiger partial charge in [0.2, 0.25) is 0 Å². The number of carbonyl (C=O) groups is 2. The van der Waals surface area contributed by atoms with Crippen molar-refractivity contribution in [2.45, 2.75) is 6.42 Å². The van der Waals surface area contributed by atoms with Gasteiger partial charge in [-0.3, -0.25) is 14.8 Å². The van der Waals surface area contributed by atoms with Gasteiger partial charge in [0, 0.05) is 22.7 Å². The highest BCUT2D eigenvalue weighted by Gasteiger charge is 2.28. The van der Waals surface area contributed by atoms with E-state index in [-0.39, 0.29) is 5.91 Å². The summed E-state index contributed by atoms with van der Waals surface area (Å²) in [5.41, 5.74) is 5.24. The molecule has 1 aromatic heterocycles. The van der Waals surface area contributed by atoms with Gasteiger partial charge < -0.3 is 4.90 Å². The molecular formula is C22H18N2O3S. The smallest absolute Gasteiger partial charge is 0.274 e. The van der Waals surface area contributed by atoms with Crippen LogP contribution in [-0.2, 0) is 11.2 Å². The van der Waals surface area contributed by atoms with Crippen molar-refractivity contribution in [2.24, 2.45) is 0 Å². The first-order valence-electron chi connectivity index (χ1n) is 8.87. The number of fused-ring (bicyclic) bond motifs is 1. The maximum atomic E-state index is 13.5. The second kappa shape index (κ2) is 7.80. The first kappa shape index (κ1) is 18.2. The van der Waals surface area contributed by atoms with Gasteiger partial charge in [-0.1, -0.05) is 42.5 Å². The summed E-state index contributed by atoms with van der Waals surface area (Å²) >= 11 is 1.52. The van der Waals surface area contributed by atoms with E-state index in [1.807, 2.05) is 60.0 Å². The molecule has 0 aliphatic carbocycles. The van der Waals surface area contributed by atoms with Gasteiger partial charge in [0.1, 0.15) is 0 Å². The van der Waals surface area contributed by atoms with E-state index in [1.165, 1.54) is 11.3 Å². The predicted octanol–water partition coefficient (Wildman–Crippen LogP) is 4.00. The van der Waals surface area contributed by atoms with Crippen molar-refractivity contribution in [1.29, 1.82) is 0 Å². The summed E-state index contributed by atoms with van der Waals surface area (Å²) in [4.78, 5) is 27.9. The van der Waals surface area contributed by atoms with Crippen LogP contribution in [0.25, 0.3) is 11.6 Å². The zero-order chi connectivity index (χ0) is 19.5. The number of nitrogens with zero attached hydrogens (tertiary/aromatic N) is 1. The molecule has 0 spiro atoms. The van der Waals surface area contributed by atoms with Crippen LogP contribution in [0.2, 0.25) is 0 Å². The molecule has 28 heavy (non-hydrogen) atoms. The number of amides is 2. The number of anilines is 1. The molecule has 0 saturated carbocycles. The van der Waals surface area contributed by atoms with Gasteiger partial charge in [-0.05, 0) is 47.2 Å². The van der Waals surface area contributed by atoms with Crippen molar-refractivity contribution in [1.82, 2.24) is 5.48 Å². The fourth-order valence-electron chi connectivity index (χ4n) is 3.33. The normalized spacial score (nSPS) is 13.3. The van der Waals surface area contributed by atoms with Gasteiger partial charge in [-0.2, -0.15) is 0 Å². The molecule has 1 aliphatic rings. The standard InChI is InChI=1S/C22H18N2O3S/c25-21(23-27)17-9-8-16-10-11-24(19(16)14-17)22(26)18(20-7-4-12-28-20)13-15-5-2-1-3-6-15/h1-9,12-14,27H,10-11H2,(H,23,25). The van der Waals surface area contributed by atoms with Crippen molar-refractivity contribution in [3.8, 4) is 0 Å². The molecule has 0 unspecified atom stereocenters. The predicted molar refractivity (Wildman–Crippen MR) is 110 cm³/mol. The molecule has 5 nitrogen and oxygen atoms in total. The number of hydroxylamine groups is 1. The van der Waals surface area contributed by atoms with Crippen LogP contribution in [0.1, 0.15) is 26.4 Å². The first-order chi connectivity index (χ1) is 13.7. The molecule has 0 saturated heterocycles. The van der Waals surface area contributed by atoms with E-state index in [0.717, 1.165) is 22.4 Å². The van der Waals surface area contributed by atoms with Crippen molar-refractivity contribution in [2.75, 3.05) is 11.4 Å². The molecular weight excluding hydrogens is 372 g/mol. The Balaban J connectivity index is 1.74. The number of benzene rings is 2. The molecule has 6 heteroatoms. The molecule has 0 radical (unpaired) electrons. The van der Waals surface area contributed by atoms with Crippen LogP contribution in [0.4, 0.5) is 5.69 Å². The lowest BCUT2D eigenvalue weighted by molar-refractivity contribution is -0.113. The summed E-state index contributed by atoms with van der Waals surface area (Å²) in [6, 6.07) is 18.7. The van der Waals surface area contributed by atoms with Crippen molar-refractivity contribution in [3.63, 3.8) is 0 Å². The minimum Gasteiger partial charge on any atom is -0.308 e. The lowest BCUT2D eigenvalue weighted by atomic mass is 10.1. The summed E-state index contributed by atoms with van der Waals surface area (Å²) in [7, 11) is 0. The Morgan fingerprint density at radius 3 is 2.61 bits per heavy atom. The number of thiophene rings is 1. The molecule has 1 aliphatic heterocycles. The number of rotatable bonds is 4. The highest BCUT2D eigenvalue weighted by molar-refractivity contribution is 7.11. The highest BCUT2D eigenvalue weighted by atomic mass is 32.1. The summed E-state index contributed by atoms with van der Waals surface area (Å²) in [5, 5.41) is 10.8. The molecule has 2 N–H and O–H groups in total. The minimum atomic E-state index is -0.597. The fraction of sp³-hybridized carbons (Fsp3) is 0.0909. The number of hydrogen-bond donors (Lipinski definition) is 2. The maximum absolute atomic E-state index is 13.5. The largest absolute Gasteiger partial charge is 0.308 e. The SMILES string of the molecule is O=C(NO)c1ccc2c(c1)N(C(=O)C(=Cc1ccccc1)c1cccs1)CC2. The van der Waals surface area contributed by atoms with Crippen molar-refractivity contribution < 1.29 is 14.8 Å². The third-order valence-electron chi connectivity index (χ3n) is 4.72. The maximum Gasteiger partial charge on any atom is 0.274 e. The number of hydrogen-bond acceptors (Lipinski definition) is 4. The van der Waals surface area contributed by atoms with E-state index in [1.54, 1.807) is 22.5 Å². The van der Waals surface area contributed by atoms with E-state index in [2.05, 4.69) is 0 Å². The quantitative estimate of drug-likeness (QED) is 0.402. The van der Waals surface area contributed by atoms with Gasteiger partial charge in [0.05, 0.1) is 5.57 Å². The molecule has 2 heterocycles. The molecule has 140 valence electrons. The topological polar surface area (TPSA) is 69.6 Å². The van der Waals surface area contributed by atoms with E-state index < -0.39 is 5.91 Å². The molecule has 3 aromatic rings. The Kier molecular flexibility index (Phi) is 5.06. The average molecular weight is 390 g/mol. The van der Waals surface area contributed by atoms with Crippen LogP contribution in [0.15, 0.2) is 66.0 Å². The van der Waals surface area contributed by atoms with Gasteiger partial charge in [-0.25, -0.2) is 5.48 Å². The van der Waals surface area contributed by atoms with Crippen LogP contribution in [-0.4, -0.2) is 23.6 Å². The molecule has 0 fully saturated rings. The average Bonchev–Trinajstić information content (AvgIpc) is 3.41. The third kappa shape index (κ3) is 3.47. The Morgan fingerprint density at radius 1 is 1.07 bits per heavy atom.